The molecule has 0 radical (unpaired) electrons. The first-order valence-corrected chi connectivity index (χ1v) is 6.33. The number of ether oxygens (including phenoxy) is 1. The van der Waals surface area contributed by atoms with Crippen molar-refractivity contribution in [3.05, 3.63) is 42.8 Å². The molecule has 0 saturated carbocycles. The molecule has 1 rings (SSSR count). The molecule has 102 valence electrons. The summed E-state index contributed by atoms with van der Waals surface area (Å²) in [4.78, 5) is 14.4. The van der Waals surface area contributed by atoms with E-state index in [9.17, 15) is 4.79 Å². The smallest absolute Gasteiger partial charge is 0.328 e. The first-order chi connectivity index (χ1) is 9.22. The van der Waals surface area contributed by atoms with Gasteiger partial charge in [0, 0.05) is 6.08 Å². The maximum absolute atomic E-state index is 10.3. The van der Waals surface area contributed by atoms with E-state index in [0.29, 0.717) is 18.1 Å². The average Bonchev–Trinajstić information content (AvgIpc) is 2.41. The summed E-state index contributed by atoms with van der Waals surface area (Å²) in [6, 6.07) is 3.52. The van der Waals surface area contributed by atoms with Gasteiger partial charge in [0.2, 0.25) is 0 Å². The van der Waals surface area contributed by atoms with Crippen molar-refractivity contribution in [1.82, 2.24) is 4.98 Å². The molecule has 0 saturated heterocycles. The van der Waals surface area contributed by atoms with Crippen molar-refractivity contribution in [2.75, 3.05) is 6.61 Å². The van der Waals surface area contributed by atoms with Crippen LogP contribution in [0.15, 0.2) is 37.1 Å². The normalized spacial score (nSPS) is 10.5. The molecule has 0 atom stereocenters. The van der Waals surface area contributed by atoms with E-state index >= 15 is 0 Å². The van der Waals surface area contributed by atoms with E-state index in [2.05, 4.69) is 11.6 Å². The van der Waals surface area contributed by atoms with Gasteiger partial charge in [0.05, 0.1) is 18.5 Å². The van der Waals surface area contributed by atoms with Crippen LogP contribution in [-0.2, 0) is 4.79 Å². The van der Waals surface area contributed by atoms with Gasteiger partial charge in [0.15, 0.2) is 0 Å². The molecule has 0 aromatic carbocycles. The fourth-order valence-electron chi connectivity index (χ4n) is 1.49. The van der Waals surface area contributed by atoms with Crippen molar-refractivity contribution in [3.63, 3.8) is 0 Å². The van der Waals surface area contributed by atoms with Crippen LogP contribution in [-0.4, -0.2) is 22.7 Å². The Morgan fingerprint density at radius 2 is 2.21 bits per heavy atom. The molecule has 0 aliphatic carbocycles. The highest BCUT2D eigenvalue weighted by Gasteiger charge is 1.96. The second kappa shape index (κ2) is 8.91. The van der Waals surface area contributed by atoms with Crippen molar-refractivity contribution in [2.45, 2.75) is 25.7 Å². The fraction of sp³-hybridized carbons (Fsp3) is 0.333. The standard InChI is InChI=1S/C15H19NO3/c1-2-3-4-5-6-11-19-14-9-7-13(16-12-14)8-10-15(17)18/h2,7-10,12H,1,3-6,11H2,(H,17,18)/b10-8+. The zero-order valence-electron chi connectivity index (χ0n) is 10.9. The van der Waals surface area contributed by atoms with Crippen molar-refractivity contribution in [1.29, 1.82) is 0 Å². The quantitative estimate of drug-likeness (QED) is 0.421. The SMILES string of the molecule is C=CCCCCCOc1ccc(/C=C/C(=O)O)nc1. The average molecular weight is 261 g/mol. The number of allylic oxidation sites excluding steroid dienone is 1. The lowest BCUT2D eigenvalue weighted by molar-refractivity contribution is -0.131. The predicted molar refractivity (Wildman–Crippen MR) is 75.1 cm³/mol. The number of aromatic nitrogens is 1. The van der Waals surface area contributed by atoms with E-state index in [1.165, 1.54) is 6.08 Å². The number of aliphatic carboxylic acids is 1. The third-order valence-corrected chi connectivity index (χ3v) is 2.48. The van der Waals surface area contributed by atoms with Gasteiger partial charge in [-0.1, -0.05) is 6.08 Å². The molecule has 1 aromatic heterocycles. The number of unbranched alkanes of at least 4 members (excludes halogenated alkanes) is 3. The lowest BCUT2D eigenvalue weighted by atomic mass is 10.2. The minimum atomic E-state index is -0.985. The summed E-state index contributed by atoms with van der Waals surface area (Å²) in [5, 5.41) is 8.49. The molecule has 1 N–H and O–H groups in total. The summed E-state index contributed by atoms with van der Waals surface area (Å²) in [5.74, 6) is -0.280. The molecule has 1 heterocycles. The number of hydrogen-bond donors (Lipinski definition) is 1. The van der Waals surface area contributed by atoms with Gasteiger partial charge in [-0.2, -0.15) is 0 Å². The highest BCUT2D eigenvalue weighted by Crippen LogP contribution is 2.11. The van der Waals surface area contributed by atoms with Crippen LogP contribution < -0.4 is 4.74 Å². The Morgan fingerprint density at radius 3 is 2.84 bits per heavy atom. The molecule has 0 aliphatic heterocycles. The van der Waals surface area contributed by atoms with Gasteiger partial charge in [0.25, 0.3) is 0 Å². The molecule has 4 nitrogen and oxygen atoms in total. The number of hydrogen-bond acceptors (Lipinski definition) is 3. The van der Waals surface area contributed by atoms with E-state index < -0.39 is 5.97 Å². The van der Waals surface area contributed by atoms with E-state index in [4.69, 9.17) is 9.84 Å². The van der Waals surface area contributed by atoms with Crippen LogP contribution in [0, 0.1) is 0 Å². The molecular formula is C15H19NO3. The van der Waals surface area contributed by atoms with Crippen LogP contribution >= 0.6 is 0 Å². The van der Waals surface area contributed by atoms with Gasteiger partial charge in [-0.05, 0) is 43.9 Å². The Bertz CT molecular complexity index is 424. The molecule has 19 heavy (non-hydrogen) atoms. The third kappa shape index (κ3) is 7.03. The molecule has 0 unspecified atom stereocenters. The molecular weight excluding hydrogens is 242 g/mol. The van der Waals surface area contributed by atoms with Crippen molar-refractivity contribution in [3.8, 4) is 5.75 Å². The van der Waals surface area contributed by atoms with Crippen LogP contribution in [0.3, 0.4) is 0 Å². The van der Waals surface area contributed by atoms with Gasteiger partial charge in [-0.25, -0.2) is 4.79 Å². The predicted octanol–water partition coefficient (Wildman–Crippen LogP) is 3.30. The van der Waals surface area contributed by atoms with E-state index in [1.54, 1.807) is 18.3 Å². The third-order valence-electron chi connectivity index (χ3n) is 2.48. The summed E-state index contributed by atoms with van der Waals surface area (Å²) in [6.07, 6.45) is 10.4. The number of nitrogens with zero attached hydrogens (tertiary/aromatic N) is 1. The Balaban J connectivity index is 2.28. The first-order valence-electron chi connectivity index (χ1n) is 6.33. The van der Waals surface area contributed by atoms with Crippen LogP contribution in [0.25, 0.3) is 6.08 Å². The van der Waals surface area contributed by atoms with Gasteiger partial charge in [-0.15, -0.1) is 6.58 Å². The first kappa shape index (κ1) is 15.0. The molecule has 1 aromatic rings. The topological polar surface area (TPSA) is 59.4 Å². The second-order valence-electron chi connectivity index (χ2n) is 4.08. The number of rotatable bonds is 9. The molecule has 4 heteroatoms. The molecule has 0 amide bonds. The molecule has 0 spiro atoms. The molecule has 0 aliphatic rings. The lowest BCUT2D eigenvalue weighted by Crippen LogP contribution is -1.97. The minimum Gasteiger partial charge on any atom is -0.492 e. The highest BCUT2D eigenvalue weighted by atomic mass is 16.5. The second-order valence-corrected chi connectivity index (χ2v) is 4.08. The van der Waals surface area contributed by atoms with E-state index in [-0.39, 0.29) is 0 Å². The van der Waals surface area contributed by atoms with Crippen LogP contribution in [0.1, 0.15) is 31.4 Å². The zero-order valence-corrected chi connectivity index (χ0v) is 10.9. The van der Waals surface area contributed by atoms with Gasteiger partial charge in [-0.3, -0.25) is 4.98 Å². The molecule has 0 bridgehead atoms. The number of carboxylic acid groups (broad SMARTS) is 1. The largest absolute Gasteiger partial charge is 0.492 e. The summed E-state index contributed by atoms with van der Waals surface area (Å²) < 4.78 is 5.54. The number of carboxylic acids is 1. The lowest BCUT2D eigenvalue weighted by Gasteiger charge is -2.05. The summed E-state index contributed by atoms with van der Waals surface area (Å²) >= 11 is 0. The Labute approximate surface area is 113 Å². The number of carbonyl (C=O) groups is 1. The maximum Gasteiger partial charge on any atom is 0.328 e. The minimum absolute atomic E-state index is 0.598. The monoisotopic (exact) mass is 261 g/mol. The van der Waals surface area contributed by atoms with Gasteiger partial charge < -0.3 is 9.84 Å². The van der Waals surface area contributed by atoms with E-state index in [0.717, 1.165) is 31.8 Å². The summed E-state index contributed by atoms with van der Waals surface area (Å²) in [7, 11) is 0. The van der Waals surface area contributed by atoms with Crippen LogP contribution in [0.5, 0.6) is 5.75 Å². The van der Waals surface area contributed by atoms with Crippen molar-refractivity contribution in [2.24, 2.45) is 0 Å². The zero-order chi connectivity index (χ0) is 13.9. The number of pyridine rings is 1. The van der Waals surface area contributed by atoms with Gasteiger partial charge in [0.1, 0.15) is 5.75 Å². The van der Waals surface area contributed by atoms with E-state index in [1.807, 2.05) is 6.08 Å². The summed E-state index contributed by atoms with van der Waals surface area (Å²) in [5.41, 5.74) is 0.598. The van der Waals surface area contributed by atoms with Crippen LogP contribution in [0.4, 0.5) is 0 Å². The van der Waals surface area contributed by atoms with Gasteiger partial charge >= 0.3 is 5.97 Å². The van der Waals surface area contributed by atoms with Crippen molar-refractivity contribution >= 4 is 12.0 Å². The van der Waals surface area contributed by atoms with Crippen LogP contribution in [0.2, 0.25) is 0 Å². The fourth-order valence-corrected chi connectivity index (χ4v) is 1.49. The summed E-state index contributed by atoms with van der Waals surface area (Å²) in [6.45, 7) is 4.35. The Kier molecular flexibility index (Phi) is 7.02. The maximum atomic E-state index is 10.3. The molecule has 0 fully saturated rings. The Hall–Kier alpha value is -2.10. The highest BCUT2D eigenvalue weighted by molar-refractivity contribution is 5.84. The van der Waals surface area contributed by atoms with Crippen molar-refractivity contribution < 1.29 is 14.6 Å². The Morgan fingerprint density at radius 1 is 1.37 bits per heavy atom.